The van der Waals surface area contributed by atoms with E-state index in [2.05, 4.69) is 28.2 Å². The summed E-state index contributed by atoms with van der Waals surface area (Å²) in [7, 11) is 3.93. The van der Waals surface area contributed by atoms with E-state index in [0.29, 0.717) is 56.2 Å². The van der Waals surface area contributed by atoms with Gasteiger partial charge in [0.15, 0.2) is 6.17 Å². The van der Waals surface area contributed by atoms with Gasteiger partial charge in [-0.25, -0.2) is 0 Å². The SMILES string of the molecule is CCCCCCCCCCCCNC(=O)CCCOc1ccc(NC(NC(=O)CCCN(C)C)C(=O)NCC(C)C)cc1. The number of nitrogens with zero attached hydrogens (tertiary/aromatic N) is 1. The molecule has 1 aromatic rings. The highest BCUT2D eigenvalue weighted by Gasteiger charge is 2.20. The molecule has 1 aromatic carbocycles. The van der Waals surface area contributed by atoms with Gasteiger partial charge in [0.05, 0.1) is 6.61 Å². The molecule has 0 saturated heterocycles. The predicted octanol–water partition coefficient (Wildman–Crippen LogP) is 5.85. The van der Waals surface area contributed by atoms with Gasteiger partial charge in [0.1, 0.15) is 5.75 Å². The molecule has 246 valence electrons. The van der Waals surface area contributed by atoms with Crippen molar-refractivity contribution >= 4 is 23.4 Å². The van der Waals surface area contributed by atoms with E-state index in [4.69, 9.17) is 4.74 Å². The molecule has 0 heterocycles. The highest BCUT2D eigenvalue weighted by Crippen LogP contribution is 2.17. The first-order valence-electron chi connectivity index (χ1n) is 16.7. The Labute approximate surface area is 261 Å². The molecule has 0 aliphatic heterocycles. The Kier molecular flexibility index (Phi) is 21.9. The maximum Gasteiger partial charge on any atom is 0.263 e. The van der Waals surface area contributed by atoms with Crippen LogP contribution in [0.4, 0.5) is 5.69 Å². The van der Waals surface area contributed by atoms with Gasteiger partial charge in [0.25, 0.3) is 5.91 Å². The Morgan fingerprint density at radius 1 is 0.767 bits per heavy atom. The maximum absolute atomic E-state index is 12.8. The molecule has 0 bridgehead atoms. The van der Waals surface area contributed by atoms with Gasteiger partial charge >= 0.3 is 0 Å². The lowest BCUT2D eigenvalue weighted by atomic mass is 10.1. The third-order valence-corrected chi connectivity index (χ3v) is 7.10. The number of rotatable bonds is 26. The first kappa shape index (κ1) is 38.2. The molecule has 0 spiro atoms. The summed E-state index contributed by atoms with van der Waals surface area (Å²) in [6.07, 6.45) is 14.1. The van der Waals surface area contributed by atoms with Gasteiger partial charge in [-0.2, -0.15) is 0 Å². The molecular weight excluding hydrogens is 542 g/mol. The van der Waals surface area contributed by atoms with Crippen LogP contribution in [0.3, 0.4) is 0 Å². The van der Waals surface area contributed by atoms with Crippen LogP contribution < -0.4 is 26.0 Å². The molecule has 4 N–H and O–H groups in total. The van der Waals surface area contributed by atoms with E-state index in [1.807, 2.05) is 57.1 Å². The van der Waals surface area contributed by atoms with Gasteiger partial charge in [-0.1, -0.05) is 78.6 Å². The van der Waals surface area contributed by atoms with Crippen molar-refractivity contribution < 1.29 is 19.1 Å². The smallest absolute Gasteiger partial charge is 0.263 e. The second-order valence-corrected chi connectivity index (χ2v) is 12.2. The van der Waals surface area contributed by atoms with Crippen molar-refractivity contribution in [3.63, 3.8) is 0 Å². The quantitative estimate of drug-likeness (QED) is 0.0781. The van der Waals surface area contributed by atoms with Crippen molar-refractivity contribution in [1.82, 2.24) is 20.9 Å². The van der Waals surface area contributed by atoms with Crippen molar-refractivity contribution in [2.24, 2.45) is 5.92 Å². The molecule has 0 aliphatic rings. The first-order valence-corrected chi connectivity index (χ1v) is 16.7. The second-order valence-electron chi connectivity index (χ2n) is 12.2. The van der Waals surface area contributed by atoms with E-state index in [9.17, 15) is 14.4 Å². The van der Waals surface area contributed by atoms with Crippen LogP contribution >= 0.6 is 0 Å². The van der Waals surface area contributed by atoms with Gasteiger partial charge < -0.3 is 30.9 Å². The summed E-state index contributed by atoms with van der Waals surface area (Å²) >= 11 is 0. The highest BCUT2D eigenvalue weighted by atomic mass is 16.5. The van der Waals surface area contributed by atoms with Crippen LogP contribution in [0.5, 0.6) is 5.75 Å². The number of unbranched alkanes of at least 4 members (excludes halogenated alkanes) is 9. The number of hydrogen-bond donors (Lipinski definition) is 4. The molecule has 9 nitrogen and oxygen atoms in total. The number of benzene rings is 1. The number of ether oxygens (including phenoxy) is 1. The average molecular weight is 604 g/mol. The summed E-state index contributed by atoms with van der Waals surface area (Å²) < 4.78 is 5.81. The fourth-order valence-electron chi connectivity index (χ4n) is 4.53. The lowest BCUT2D eigenvalue weighted by molar-refractivity contribution is -0.128. The predicted molar refractivity (Wildman–Crippen MR) is 177 cm³/mol. The fraction of sp³-hybridized carbons (Fsp3) is 0.735. The summed E-state index contributed by atoms with van der Waals surface area (Å²) in [6.45, 7) is 8.81. The number of nitrogens with one attached hydrogen (secondary N) is 4. The van der Waals surface area contributed by atoms with Crippen LogP contribution in [0.15, 0.2) is 24.3 Å². The van der Waals surface area contributed by atoms with Crippen molar-refractivity contribution in [3.05, 3.63) is 24.3 Å². The lowest BCUT2D eigenvalue weighted by Crippen LogP contribution is -2.51. The molecule has 0 aliphatic carbocycles. The number of hydrogen-bond acceptors (Lipinski definition) is 6. The van der Waals surface area contributed by atoms with Crippen LogP contribution in [0.1, 0.15) is 111 Å². The van der Waals surface area contributed by atoms with Crippen LogP contribution in [-0.4, -0.2) is 69.1 Å². The van der Waals surface area contributed by atoms with Gasteiger partial charge in [0, 0.05) is 31.6 Å². The number of carbonyl (C=O) groups excluding carboxylic acids is 3. The minimum Gasteiger partial charge on any atom is -0.494 e. The Morgan fingerprint density at radius 3 is 1.98 bits per heavy atom. The van der Waals surface area contributed by atoms with E-state index in [0.717, 1.165) is 19.5 Å². The minimum absolute atomic E-state index is 0.0737. The molecule has 3 amide bonds. The monoisotopic (exact) mass is 603 g/mol. The first-order chi connectivity index (χ1) is 20.7. The molecule has 0 fully saturated rings. The summed E-state index contributed by atoms with van der Waals surface area (Å²) in [5.74, 6) is 0.606. The maximum atomic E-state index is 12.8. The summed E-state index contributed by atoms with van der Waals surface area (Å²) in [5.41, 5.74) is 0.692. The molecule has 9 heteroatoms. The van der Waals surface area contributed by atoms with E-state index >= 15 is 0 Å². The molecule has 0 saturated carbocycles. The Bertz CT molecular complexity index is 876. The van der Waals surface area contributed by atoms with Gasteiger partial charge in [-0.3, -0.25) is 14.4 Å². The van der Waals surface area contributed by atoms with Gasteiger partial charge in [0.2, 0.25) is 11.8 Å². The van der Waals surface area contributed by atoms with Crippen molar-refractivity contribution in [3.8, 4) is 5.75 Å². The summed E-state index contributed by atoms with van der Waals surface area (Å²) in [5, 5.41) is 11.9. The second kappa shape index (κ2) is 24.6. The van der Waals surface area contributed by atoms with Crippen LogP contribution in [-0.2, 0) is 14.4 Å². The molecule has 0 radical (unpaired) electrons. The van der Waals surface area contributed by atoms with E-state index in [1.165, 1.54) is 57.8 Å². The summed E-state index contributed by atoms with van der Waals surface area (Å²) in [6, 6.07) is 7.26. The zero-order chi connectivity index (χ0) is 31.7. The topological polar surface area (TPSA) is 112 Å². The van der Waals surface area contributed by atoms with E-state index < -0.39 is 6.17 Å². The molecule has 1 rings (SSSR count). The van der Waals surface area contributed by atoms with Gasteiger partial charge in [-0.15, -0.1) is 0 Å². The van der Waals surface area contributed by atoms with Gasteiger partial charge in [-0.05, 0) is 70.1 Å². The number of carbonyl (C=O) groups is 3. The standard InChI is InChI=1S/C34H61N5O4/c1-6-7-8-9-10-11-12-13-14-15-24-35-31(40)19-17-26-43-30-22-20-29(21-23-30)37-33(34(42)36-27-28(2)3)38-32(41)18-16-25-39(4)5/h20-23,28,33,37H,6-19,24-27H2,1-5H3,(H,35,40)(H,36,42)(H,38,41). The van der Waals surface area contributed by atoms with Crippen molar-refractivity contribution in [2.45, 2.75) is 117 Å². The number of amides is 3. The summed E-state index contributed by atoms with van der Waals surface area (Å²) in [4.78, 5) is 39.4. The van der Waals surface area contributed by atoms with E-state index in [1.54, 1.807) is 0 Å². The Balaban J connectivity index is 2.31. The Morgan fingerprint density at radius 2 is 1.37 bits per heavy atom. The minimum atomic E-state index is -0.879. The molecular formula is C34H61N5O4. The molecule has 1 unspecified atom stereocenters. The van der Waals surface area contributed by atoms with Crippen molar-refractivity contribution in [2.75, 3.05) is 45.7 Å². The van der Waals surface area contributed by atoms with Crippen LogP contribution in [0.2, 0.25) is 0 Å². The van der Waals surface area contributed by atoms with E-state index in [-0.39, 0.29) is 17.7 Å². The molecule has 43 heavy (non-hydrogen) atoms. The zero-order valence-corrected chi connectivity index (χ0v) is 27.8. The molecule has 0 aromatic heterocycles. The Hall–Kier alpha value is -2.81. The largest absolute Gasteiger partial charge is 0.494 e. The molecule has 1 atom stereocenters. The van der Waals surface area contributed by atoms with Crippen LogP contribution in [0, 0.1) is 5.92 Å². The van der Waals surface area contributed by atoms with Crippen molar-refractivity contribution in [1.29, 1.82) is 0 Å². The third-order valence-electron chi connectivity index (χ3n) is 7.10. The lowest BCUT2D eigenvalue weighted by Gasteiger charge is -2.22. The number of anilines is 1. The fourth-order valence-corrected chi connectivity index (χ4v) is 4.53. The third kappa shape index (κ3) is 21.5. The van der Waals surface area contributed by atoms with Crippen LogP contribution in [0.25, 0.3) is 0 Å². The normalized spacial score (nSPS) is 11.8. The average Bonchev–Trinajstić information content (AvgIpc) is 2.97. The zero-order valence-electron chi connectivity index (χ0n) is 27.8. The highest BCUT2D eigenvalue weighted by molar-refractivity contribution is 5.89.